The second kappa shape index (κ2) is 8.96. The molecule has 2 aromatic carbocycles. The normalized spacial score (nSPS) is 16.2. The second-order valence-electron chi connectivity index (χ2n) is 7.55. The molecule has 2 heterocycles. The van der Waals surface area contributed by atoms with Gasteiger partial charge in [-0.1, -0.05) is 29.8 Å². The summed E-state index contributed by atoms with van der Waals surface area (Å²) in [6.07, 6.45) is 2.03. The average Bonchev–Trinajstić information content (AvgIpc) is 2.78. The first-order valence-corrected chi connectivity index (χ1v) is 11.8. The van der Waals surface area contributed by atoms with E-state index in [4.69, 9.17) is 16.3 Å². The zero-order valence-corrected chi connectivity index (χ0v) is 19.0. The maximum absolute atomic E-state index is 12.7. The van der Waals surface area contributed by atoms with E-state index in [9.17, 15) is 21.6 Å². The fourth-order valence-corrected chi connectivity index (χ4v) is 4.98. The summed E-state index contributed by atoms with van der Waals surface area (Å²) in [6, 6.07) is 10.8. The van der Waals surface area contributed by atoms with E-state index >= 15 is 0 Å². The van der Waals surface area contributed by atoms with Crippen molar-refractivity contribution in [1.29, 1.82) is 0 Å². The number of benzene rings is 2. The predicted molar refractivity (Wildman–Crippen MR) is 120 cm³/mol. The van der Waals surface area contributed by atoms with Crippen LogP contribution in [0, 0.1) is 0 Å². The van der Waals surface area contributed by atoms with Crippen molar-refractivity contribution >= 4 is 38.5 Å². The fourth-order valence-electron chi connectivity index (χ4n) is 3.76. The number of sulfonamides is 1. The van der Waals surface area contributed by atoms with Gasteiger partial charge >= 0.3 is 15.5 Å². The number of hydrogen-bond acceptors (Lipinski definition) is 6. The van der Waals surface area contributed by atoms with Gasteiger partial charge in [-0.3, -0.25) is 0 Å². The highest BCUT2D eigenvalue weighted by atomic mass is 35.5. The summed E-state index contributed by atoms with van der Waals surface area (Å²) in [6.45, 7) is -0.468. The lowest BCUT2D eigenvalue weighted by Gasteiger charge is -2.31. The van der Waals surface area contributed by atoms with Crippen LogP contribution in [0.25, 0.3) is 22.0 Å². The van der Waals surface area contributed by atoms with Crippen molar-refractivity contribution in [3.63, 3.8) is 0 Å². The number of fused-ring (bicyclic) bond motifs is 1. The largest absolute Gasteiger partial charge is 0.511 e. The molecule has 12 heteroatoms. The molecule has 4 rings (SSSR count). The minimum atomic E-state index is -5.31. The molecule has 1 saturated heterocycles. The Kier molecular flexibility index (Phi) is 6.39. The molecule has 7 nitrogen and oxygen atoms in total. The second-order valence-corrected chi connectivity index (χ2v) is 9.89. The van der Waals surface area contributed by atoms with Crippen molar-refractivity contribution in [2.75, 3.05) is 25.5 Å². The molecule has 3 aromatic rings. The van der Waals surface area contributed by atoms with Crippen LogP contribution in [0.5, 0.6) is 5.75 Å². The van der Waals surface area contributed by atoms with Gasteiger partial charge in [0.25, 0.3) is 0 Å². The molecule has 0 atom stereocenters. The summed E-state index contributed by atoms with van der Waals surface area (Å²) >= 11 is 6.34. The number of ether oxygens (including phenoxy) is 1. The number of alkyl halides is 3. The lowest BCUT2D eigenvalue weighted by molar-refractivity contribution is -0.0494. The molecule has 0 amide bonds. The molecule has 0 aliphatic carbocycles. The number of nitrogens with one attached hydrogen (secondary N) is 1. The summed E-state index contributed by atoms with van der Waals surface area (Å²) in [5.41, 5.74) is -3.09. The van der Waals surface area contributed by atoms with Crippen LogP contribution < -0.4 is 10.1 Å². The van der Waals surface area contributed by atoms with Gasteiger partial charge in [0.05, 0.1) is 12.6 Å². The molecule has 0 spiro atoms. The van der Waals surface area contributed by atoms with Gasteiger partial charge in [-0.2, -0.15) is 17.5 Å². The number of methoxy groups -OCH3 is 1. The number of anilines is 1. The van der Waals surface area contributed by atoms with Crippen molar-refractivity contribution in [1.82, 2.24) is 14.3 Å². The fraction of sp³-hybridized carbons (Fsp3) is 0.333. The van der Waals surface area contributed by atoms with Crippen LogP contribution in [0.3, 0.4) is 0 Å². The number of aromatic nitrogens is 2. The quantitative estimate of drug-likeness (QED) is 0.547. The Morgan fingerprint density at radius 3 is 2.48 bits per heavy atom. The van der Waals surface area contributed by atoms with E-state index in [-0.39, 0.29) is 32.0 Å². The lowest BCUT2D eigenvalue weighted by atomic mass is 10.0. The smallest absolute Gasteiger partial charge is 0.496 e. The molecule has 0 unspecified atom stereocenters. The van der Waals surface area contributed by atoms with Gasteiger partial charge in [-0.05, 0) is 25.0 Å². The summed E-state index contributed by atoms with van der Waals surface area (Å²) in [4.78, 5) is 8.81. The van der Waals surface area contributed by atoms with Crippen molar-refractivity contribution in [2.24, 2.45) is 0 Å². The SMILES string of the molecule is COc1cc2nc(NC3CCN(S(=O)(=O)C(F)(F)F)CC3)ncc2cc1-c1ccccc1Cl. The van der Waals surface area contributed by atoms with Crippen LogP contribution in [-0.4, -0.2) is 54.4 Å². The van der Waals surface area contributed by atoms with Gasteiger partial charge in [0.2, 0.25) is 5.95 Å². The molecule has 0 bridgehead atoms. The number of rotatable bonds is 5. The highest BCUT2D eigenvalue weighted by Gasteiger charge is 2.50. The molecule has 1 fully saturated rings. The third-order valence-corrected chi connectivity index (χ3v) is 7.44. The minimum absolute atomic E-state index is 0.200. The topological polar surface area (TPSA) is 84.4 Å². The van der Waals surface area contributed by atoms with Gasteiger partial charge in [0.15, 0.2) is 0 Å². The molecular weight excluding hydrogens is 481 g/mol. The highest BCUT2D eigenvalue weighted by molar-refractivity contribution is 7.90. The molecule has 0 saturated carbocycles. The van der Waals surface area contributed by atoms with E-state index in [1.165, 1.54) is 0 Å². The Balaban J connectivity index is 1.53. The molecule has 176 valence electrons. The van der Waals surface area contributed by atoms with Crippen LogP contribution in [0.4, 0.5) is 19.1 Å². The van der Waals surface area contributed by atoms with E-state index in [0.717, 1.165) is 16.5 Å². The van der Waals surface area contributed by atoms with Crippen molar-refractivity contribution in [3.8, 4) is 16.9 Å². The molecule has 0 radical (unpaired) electrons. The number of nitrogens with zero attached hydrogens (tertiary/aromatic N) is 3. The molecule has 1 N–H and O–H groups in total. The van der Waals surface area contributed by atoms with E-state index in [2.05, 4.69) is 15.3 Å². The van der Waals surface area contributed by atoms with Crippen LogP contribution in [0.1, 0.15) is 12.8 Å². The predicted octanol–water partition coefficient (Wildman–Crippen LogP) is 4.68. The third-order valence-electron chi connectivity index (χ3n) is 5.48. The Hall–Kier alpha value is -2.63. The van der Waals surface area contributed by atoms with Crippen molar-refractivity contribution in [3.05, 3.63) is 47.6 Å². The van der Waals surface area contributed by atoms with Gasteiger partial charge in [0.1, 0.15) is 5.75 Å². The van der Waals surface area contributed by atoms with Crippen LogP contribution in [0.15, 0.2) is 42.6 Å². The number of piperidine rings is 1. The monoisotopic (exact) mass is 500 g/mol. The third kappa shape index (κ3) is 4.71. The van der Waals surface area contributed by atoms with Crippen LogP contribution in [0.2, 0.25) is 5.02 Å². The summed E-state index contributed by atoms with van der Waals surface area (Å²) in [5.74, 6) is 0.873. The average molecular weight is 501 g/mol. The highest BCUT2D eigenvalue weighted by Crippen LogP contribution is 2.37. The Labute approximate surface area is 193 Å². The zero-order valence-electron chi connectivity index (χ0n) is 17.4. The van der Waals surface area contributed by atoms with Gasteiger partial charge in [-0.15, -0.1) is 0 Å². The summed E-state index contributed by atoms with van der Waals surface area (Å²) in [7, 11) is -3.77. The molecular formula is C21H20ClF3N4O3S. The van der Waals surface area contributed by atoms with Gasteiger partial charge in [-0.25, -0.2) is 18.4 Å². The van der Waals surface area contributed by atoms with Gasteiger partial charge in [0, 0.05) is 52.9 Å². The Bertz CT molecular complexity index is 1280. The maximum atomic E-state index is 12.7. The van der Waals surface area contributed by atoms with Crippen LogP contribution >= 0.6 is 11.6 Å². The minimum Gasteiger partial charge on any atom is -0.496 e. The summed E-state index contributed by atoms with van der Waals surface area (Å²) in [5, 5.41) is 4.42. The number of hydrogen-bond donors (Lipinski definition) is 1. The van der Waals surface area contributed by atoms with Crippen molar-refractivity contribution < 1.29 is 26.3 Å². The van der Waals surface area contributed by atoms with E-state index in [1.807, 2.05) is 24.3 Å². The summed E-state index contributed by atoms with van der Waals surface area (Å²) < 4.78 is 67.4. The molecule has 1 aliphatic rings. The van der Waals surface area contributed by atoms with E-state index in [1.54, 1.807) is 25.4 Å². The molecule has 1 aromatic heterocycles. The standard InChI is InChI=1S/C21H20ClF3N4O3S/c1-32-19-11-18-13(10-16(19)15-4-2-3-5-17(15)22)12-26-20(28-18)27-14-6-8-29(9-7-14)33(30,31)21(23,24)25/h2-5,10-12,14H,6-9H2,1H3,(H,26,27,28). The molecule has 33 heavy (non-hydrogen) atoms. The lowest BCUT2D eigenvalue weighted by Crippen LogP contribution is -2.47. The number of halogens is 4. The molecule has 1 aliphatic heterocycles. The van der Waals surface area contributed by atoms with Crippen molar-refractivity contribution in [2.45, 2.75) is 24.4 Å². The Morgan fingerprint density at radius 2 is 1.85 bits per heavy atom. The van der Waals surface area contributed by atoms with Gasteiger partial charge < -0.3 is 10.1 Å². The van der Waals surface area contributed by atoms with E-state index < -0.39 is 15.5 Å². The zero-order chi connectivity index (χ0) is 23.8. The first-order valence-electron chi connectivity index (χ1n) is 10.0. The first kappa shape index (κ1) is 23.5. The Morgan fingerprint density at radius 1 is 1.15 bits per heavy atom. The van der Waals surface area contributed by atoms with Crippen LogP contribution in [-0.2, 0) is 10.0 Å². The first-order chi connectivity index (χ1) is 15.6. The maximum Gasteiger partial charge on any atom is 0.511 e. The van der Waals surface area contributed by atoms with E-state index in [0.29, 0.717) is 26.5 Å².